The van der Waals surface area contributed by atoms with Gasteiger partial charge in [-0.1, -0.05) is 79.2 Å². The van der Waals surface area contributed by atoms with E-state index in [1.165, 1.54) is 50.1 Å². The maximum Gasteiger partial charge on any atom is 2.00 e. The zero-order valence-corrected chi connectivity index (χ0v) is 30.9. The van der Waals surface area contributed by atoms with Gasteiger partial charge in [0.2, 0.25) is 5.88 Å². The van der Waals surface area contributed by atoms with Gasteiger partial charge in [0.25, 0.3) is 0 Å². The minimum absolute atomic E-state index is 0. The number of benzene rings is 5. The molecule has 0 aliphatic heterocycles. The number of hydrogen-bond acceptors (Lipinski definition) is 3. The van der Waals surface area contributed by atoms with Crippen LogP contribution in [0, 0.1) is 31.4 Å². The van der Waals surface area contributed by atoms with Crippen molar-refractivity contribution in [3.05, 3.63) is 179 Å². The molecule has 2 heterocycles. The number of fused-ring (bicyclic) bond motifs is 2. The molecule has 0 saturated carbocycles. The molecule has 0 unspecified atom stereocenters. The minimum Gasteiger partial charge on any atom is -0.460 e. The van der Waals surface area contributed by atoms with Crippen molar-refractivity contribution < 1.29 is 25.8 Å². The zero-order valence-electron chi connectivity index (χ0n) is 28.6. The van der Waals surface area contributed by atoms with Crippen molar-refractivity contribution in [2.24, 2.45) is 5.41 Å². The van der Waals surface area contributed by atoms with Crippen LogP contribution in [0.2, 0.25) is 0 Å². The van der Waals surface area contributed by atoms with Crippen molar-refractivity contribution in [2.75, 3.05) is 0 Å². The fourth-order valence-corrected chi connectivity index (χ4v) is 8.38. The second-order valence-electron chi connectivity index (χ2n) is 14.0. The molecule has 250 valence electrons. The van der Waals surface area contributed by atoms with Gasteiger partial charge in [0.1, 0.15) is 0 Å². The van der Waals surface area contributed by atoms with Crippen molar-refractivity contribution in [3.8, 4) is 56.4 Å². The summed E-state index contributed by atoms with van der Waals surface area (Å²) < 4.78 is 6.58. The van der Waals surface area contributed by atoms with Crippen LogP contribution in [0.3, 0.4) is 0 Å². The van der Waals surface area contributed by atoms with E-state index in [1.807, 2.05) is 36.4 Å². The Kier molecular flexibility index (Phi) is 8.78. The van der Waals surface area contributed by atoms with Crippen LogP contribution >= 0.6 is 0 Å². The van der Waals surface area contributed by atoms with Gasteiger partial charge in [0, 0.05) is 18.0 Å². The molecule has 0 N–H and O–H groups in total. The van der Waals surface area contributed by atoms with Gasteiger partial charge in [0.15, 0.2) is 0 Å². The van der Waals surface area contributed by atoms with E-state index in [2.05, 4.69) is 122 Å². The largest absolute Gasteiger partial charge is 2.00 e. The summed E-state index contributed by atoms with van der Waals surface area (Å²) in [5.41, 5.74) is 16.8. The second-order valence-corrected chi connectivity index (χ2v) is 14.0. The topological polar surface area (TPSA) is 35.0 Å². The molecule has 7 aromatic rings. The Hall–Kier alpha value is -5.11. The fourth-order valence-electron chi connectivity index (χ4n) is 8.38. The third-order valence-corrected chi connectivity index (χ3v) is 10.5. The fraction of sp³-hybridized carbons (Fsp3) is 0.149. The first-order valence-corrected chi connectivity index (χ1v) is 17.4. The zero-order chi connectivity index (χ0) is 33.7. The average molecular weight is 840 g/mol. The van der Waals surface area contributed by atoms with E-state index in [0.717, 1.165) is 53.8 Å². The maximum absolute atomic E-state index is 6.58. The molecular formula is C47H36N2OPt. The summed E-state index contributed by atoms with van der Waals surface area (Å²) in [5.74, 6) is 1.13. The van der Waals surface area contributed by atoms with Crippen molar-refractivity contribution in [1.82, 2.24) is 9.97 Å². The summed E-state index contributed by atoms with van der Waals surface area (Å²) in [6.07, 6.45) is 6.24. The monoisotopic (exact) mass is 839 g/mol. The van der Waals surface area contributed by atoms with Crippen molar-refractivity contribution in [3.63, 3.8) is 0 Å². The van der Waals surface area contributed by atoms with Crippen LogP contribution < -0.4 is 4.74 Å². The summed E-state index contributed by atoms with van der Waals surface area (Å²) in [5, 5.41) is 0. The first-order chi connectivity index (χ1) is 24.5. The first kappa shape index (κ1) is 33.1. The van der Waals surface area contributed by atoms with Gasteiger partial charge >= 0.3 is 21.1 Å². The summed E-state index contributed by atoms with van der Waals surface area (Å²) in [4.78, 5) is 9.60. The maximum atomic E-state index is 6.58. The quantitative estimate of drug-likeness (QED) is 0.157. The summed E-state index contributed by atoms with van der Waals surface area (Å²) in [6.45, 7) is 4.35. The van der Waals surface area contributed by atoms with E-state index in [9.17, 15) is 0 Å². The Morgan fingerprint density at radius 1 is 0.627 bits per heavy atom. The molecule has 51 heavy (non-hydrogen) atoms. The van der Waals surface area contributed by atoms with Gasteiger partial charge < -0.3 is 4.74 Å². The number of ether oxygens (including phenoxy) is 1. The molecule has 0 radical (unpaired) electrons. The predicted octanol–water partition coefficient (Wildman–Crippen LogP) is 11.0. The standard InChI is InChI=1S/C47H36N2O.Pt/c1-31-22-38(33-12-4-3-5-13-33)23-32(2)46(31)39-25-44(43-20-8-9-21-48-43)49-45(26-39)50-40-18-10-16-34(24-40)41-19-11-17-37-29-47(30-42(37)41)27-35-14-6-7-15-36(35)28-47;/h3-18,20-23,25-26H,27-30H2,1-2H3;/q-2;+2. The van der Waals surface area contributed by atoms with Crippen molar-refractivity contribution in [1.29, 1.82) is 0 Å². The molecule has 0 atom stereocenters. The van der Waals surface area contributed by atoms with Crippen LogP contribution in [0.4, 0.5) is 0 Å². The third kappa shape index (κ3) is 6.37. The number of nitrogens with zero attached hydrogens (tertiary/aromatic N) is 2. The van der Waals surface area contributed by atoms with Crippen LogP contribution in [0.25, 0.3) is 44.8 Å². The molecule has 2 aromatic heterocycles. The summed E-state index contributed by atoms with van der Waals surface area (Å²) in [7, 11) is 0. The van der Waals surface area contributed by atoms with Gasteiger partial charge in [0.05, 0.1) is 11.4 Å². The summed E-state index contributed by atoms with van der Waals surface area (Å²) in [6, 6.07) is 51.7. The van der Waals surface area contributed by atoms with Gasteiger partial charge in [-0.2, -0.15) is 29.8 Å². The van der Waals surface area contributed by atoms with Gasteiger partial charge in [-0.3, -0.25) is 4.98 Å². The van der Waals surface area contributed by atoms with E-state index >= 15 is 0 Å². The van der Waals surface area contributed by atoms with E-state index in [1.54, 1.807) is 6.20 Å². The molecule has 9 rings (SSSR count). The van der Waals surface area contributed by atoms with Crippen molar-refractivity contribution in [2.45, 2.75) is 39.5 Å². The predicted molar refractivity (Wildman–Crippen MR) is 201 cm³/mol. The number of hydrogen-bond donors (Lipinski definition) is 0. The molecule has 5 aromatic carbocycles. The van der Waals surface area contributed by atoms with Crippen molar-refractivity contribution >= 4 is 0 Å². The SMILES string of the molecule is Cc1cc(-c2ccccc2)cc(C)c1-c1cc(Oc2[c-]c(-c3[c-]ccc4c3CC3(Cc5ccccc5C3)C4)ccc2)nc(-c2ccccn2)c1.[Pt+2]. The second kappa shape index (κ2) is 13.5. The molecule has 0 amide bonds. The van der Waals surface area contributed by atoms with Gasteiger partial charge in [-0.25, -0.2) is 16.1 Å². The molecule has 2 aliphatic carbocycles. The van der Waals surface area contributed by atoms with Crippen LogP contribution in [-0.2, 0) is 46.7 Å². The molecule has 3 nitrogen and oxygen atoms in total. The van der Waals surface area contributed by atoms with Gasteiger partial charge in [-0.15, -0.1) is 23.8 Å². The third-order valence-electron chi connectivity index (χ3n) is 10.5. The normalized spacial score (nSPS) is 13.8. The van der Waals surface area contributed by atoms with E-state index in [4.69, 9.17) is 9.72 Å². The smallest absolute Gasteiger partial charge is 0.460 e. The Labute approximate surface area is 314 Å². The van der Waals surface area contributed by atoms with E-state index < -0.39 is 0 Å². The molecule has 4 heteroatoms. The molecule has 2 aliphatic rings. The minimum atomic E-state index is 0. The van der Waals surface area contributed by atoms with E-state index in [-0.39, 0.29) is 26.5 Å². The number of pyridine rings is 2. The first-order valence-electron chi connectivity index (χ1n) is 17.4. The molecular weight excluding hydrogens is 804 g/mol. The van der Waals surface area contributed by atoms with E-state index in [0.29, 0.717) is 11.6 Å². The Morgan fingerprint density at radius 2 is 1.35 bits per heavy atom. The van der Waals surface area contributed by atoms with Crippen LogP contribution in [0.15, 0.2) is 134 Å². The number of aromatic nitrogens is 2. The van der Waals surface area contributed by atoms with Crippen LogP contribution in [0.1, 0.15) is 33.4 Å². The molecule has 0 bridgehead atoms. The Bertz CT molecular complexity index is 2340. The molecule has 0 fully saturated rings. The van der Waals surface area contributed by atoms with Crippen LogP contribution in [0.5, 0.6) is 11.6 Å². The van der Waals surface area contributed by atoms with Crippen LogP contribution in [-0.4, -0.2) is 9.97 Å². The number of aryl methyl sites for hydroxylation is 2. The Balaban J connectivity index is 0.00000374. The van der Waals surface area contributed by atoms with Gasteiger partial charge in [-0.05, 0) is 101 Å². The number of rotatable bonds is 6. The molecule has 1 spiro atoms. The Morgan fingerprint density at radius 3 is 2.10 bits per heavy atom. The summed E-state index contributed by atoms with van der Waals surface area (Å²) >= 11 is 0. The average Bonchev–Trinajstić information content (AvgIpc) is 3.70. The molecule has 0 saturated heterocycles.